The van der Waals surface area contributed by atoms with Crippen LogP contribution in [-0.4, -0.2) is 12.6 Å². The van der Waals surface area contributed by atoms with Gasteiger partial charge >= 0.3 is 5.97 Å². The fraction of sp³-hybridized carbons (Fsp3) is 0.885. The second-order valence-corrected chi connectivity index (χ2v) is 8.43. The van der Waals surface area contributed by atoms with E-state index >= 15 is 0 Å². The summed E-state index contributed by atoms with van der Waals surface area (Å²) in [5.41, 5.74) is 0. The zero-order valence-electron chi connectivity index (χ0n) is 19.5. The first-order valence-electron chi connectivity index (χ1n) is 12.5. The van der Waals surface area contributed by atoms with E-state index in [0.717, 1.165) is 19.3 Å². The summed E-state index contributed by atoms with van der Waals surface area (Å²) in [6, 6.07) is 0. The molecule has 28 heavy (non-hydrogen) atoms. The van der Waals surface area contributed by atoms with Gasteiger partial charge in [-0.2, -0.15) is 0 Å². The van der Waals surface area contributed by atoms with Crippen molar-refractivity contribution >= 4 is 5.97 Å². The quantitative estimate of drug-likeness (QED) is 0.110. The first-order valence-corrected chi connectivity index (χ1v) is 12.5. The standard InChI is InChI=1S/C26H50O2/c1-4-7-9-10-11-12-13-14-15-16-17-18-19-20-21-23-26(27)28-24-25(6-3)22-8-5-2/h14-15,25H,4-13,16-24H2,1-3H3/b15-14-/t25-/m1/s1. The molecule has 0 aliphatic carbocycles. The van der Waals surface area contributed by atoms with Crippen LogP contribution in [0.15, 0.2) is 12.2 Å². The molecule has 0 unspecified atom stereocenters. The van der Waals surface area contributed by atoms with Crippen molar-refractivity contribution in [2.75, 3.05) is 6.61 Å². The van der Waals surface area contributed by atoms with Crippen LogP contribution in [0.2, 0.25) is 0 Å². The fourth-order valence-electron chi connectivity index (χ4n) is 3.52. The number of esters is 1. The first kappa shape index (κ1) is 27.2. The summed E-state index contributed by atoms with van der Waals surface area (Å²) in [6.07, 6.45) is 26.8. The average molecular weight is 395 g/mol. The number of carbonyl (C=O) groups is 1. The summed E-state index contributed by atoms with van der Waals surface area (Å²) in [5, 5.41) is 0. The molecule has 0 amide bonds. The number of carbonyl (C=O) groups excluding carboxylic acids is 1. The van der Waals surface area contributed by atoms with Crippen LogP contribution < -0.4 is 0 Å². The molecule has 0 bridgehead atoms. The predicted octanol–water partition coefficient (Wildman–Crippen LogP) is 8.78. The Hall–Kier alpha value is -0.790. The third-order valence-electron chi connectivity index (χ3n) is 5.67. The van der Waals surface area contributed by atoms with Gasteiger partial charge in [-0.15, -0.1) is 0 Å². The number of unbranched alkanes of at least 4 members (excludes halogenated alkanes) is 12. The van der Waals surface area contributed by atoms with E-state index < -0.39 is 0 Å². The van der Waals surface area contributed by atoms with Gasteiger partial charge in [-0.25, -0.2) is 0 Å². The minimum Gasteiger partial charge on any atom is -0.465 e. The Kier molecular flexibility index (Phi) is 21.9. The number of allylic oxidation sites excluding steroid dienone is 2. The van der Waals surface area contributed by atoms with Gasteiger partial charge in [0.15, 0.2) is 0 Å². The molecule has 0 saturated heterocycles. The zero-order chi connectivity index (χ0) is 20.7. The summed E-state index contributed by atoms with van der Waals surface area (Å²) in [5.74, 6) is 0.561. The van der Waals surface area contributed by atoms with Crippen molar-refractivity contribution in [3.8, 4) is 0 Å². The monoisotopic (exact) mass is 394 g/mol. The van der Waals surface area contributed by atoms with Crippen molar-refractivity contribution in [3.05, 3.63) is 12.2 Å². The molecule has 0 heterocycles. The molecule has 0 aromatic rings. The maximum Gasteiger partial charge on any atom is 0.305 e. The molecule has 166 valence electrons. The lowest BCUT2D eigenvalue weighted by Crippen LogP contribution is -2.13. The van der Waals surface area contributed by atoms with Gasteiger partial charge in [0.05, 0.1) is 6.61 Å². The molecule has 0 aromatic heterocycles. The van der Waals surface area contributed by atoms with E-state index in [-0.39, 0.29) is 5.97 Å². The molecule has 0 aromatic carbocycles. The molecule has 0 saturated carbocycles. The highest BCUT2D eigenvalue weighted by Crippen LogP contribution is 2.14. The summed E-state index contributed by atoms with van der Waals surface area (Å²) < 4.78 is 5.46. The molecule has 2 heteroatoms. The SMILES string of the molecule is CCCCCCCC/C=C\CCCCCCCC(=O)OC[C@H](CC)CCCC. The molecule has 1 atom stereocenters. The minimum absolute atomic E-state index is 0.00701. The van der Waals surface area contributed by atoms with Gasteiger partial charge in [0, 0.05) is 6.42 Å². The molecule has 0 aliphatic rings. The third-order valence-corrected chi connectivity index (χ3v) is 5.67. The van der Waals surface area contributed by atoms with Crippen LogP contribution in [0.3, 0.4) is 0 Å². The number of hydrogen-bond donors (Lipinski definition) is 0. The summed E-state index contributed by atoms with van der Waals surface area (Å²) in [6.45, 7) is 7.30. The minimum atomic E-state index is 0.00701. The van der Waals surface area contributed by atoms with Crippen molar-refractivity contribution in [2.24, 2.45) is 5.92 Å². The van der Waals surface area contributed by atoms with Crippen molar-refractivity contribution in [3.63, 3.8) is 0 Å². The van der Waals surface area contributed by atoms with Gasteiger partial charge in [-0.05, 0) is 44.4 Å². The Morgan fingerprint density at radius 1 is 0.714 bits per heavy atom. The number of hydrogen-bond acceptors (Lipinski definition) is 2. The Morgan fingerprint density at radius 3 is 1.82 bits per heavy atom. The number of rotatable bonds is 21. The average Bonchev–Trinajstić information content (AvgIpc) is 2.71. The maximum atomic E-state index is 11.8. The molecule has 0 rings (SSSR count). The zero-order valence-corrected chi connectivity index (χ0v) is 19.5. The van der Waals surface area contributed by atoms with Gasteiger partial charge in [-0.3, -0.25) is 4.79 Å². The van der Waals surface area contributed by atoms with E-state index in [4.69, 9.17) is 4.74 Å². The molecule has 0 radical (unpaired) electrons. The maximum absolute atomic E-state index is 11.8. The Balaban J connectivity index is 3.35. The van der Waals surface area contributed by atoms with Crippen molar-refractivity contribution in [2.45, 2.75) is 136 Å². The van der Waals surface area contributed by atoms with Gasteiger partial charge in [0.25, 0.3) is 0 Å². The van der Waals surface area contributed by atoms with Crippen LogP contribution in [-0.2, 0) is 9.53 Å². The normalized spacial score (nSPS) is 12.5. The van der Waals surface area contributed by atoms with Gasteiger partial charge in [0.1, 0.15) is 0 Å². The van der Waals surface area contributed by atoms with Crippen LogP contribution in [0.1, 0.15) is 136 Å². The van der Waals surface area contributed by atoms with Gasteiger partial charge in [-0.1, -0.05) is 104 Å². The Labute approximate surface area is 176 Å². The highest BCUT2D eigenvalue weighted by Gasteiger charge is 2.09. The molecule has 0 spiro atoms. The van der Waals surface area contributed by atoms with Crippen LogP contribution in [0.25, 0.3) is 0 Å². The third kappa shape index (κ3) is 20.0. The van der Waals surface area contributed by atoms with E-state index in [1.807, 2.05) is 0 Å². The van der Waals surface area contributed by atoms with Crippen LogP contribution >= 0.6 is 0 Å². The molecular weight excluding hydrogens is 344 g/mol. The highest BCUT2D eigenvalue weighted by molar-refractivity contribution is 5.69. The first-order chi connectivity index (χ1) is 13.7. The lowest BCUT2D eigenvalue weighted by Gasteiger charge is -2.14. The lowest BCUT2D eigenvalue weighted by atomic mass is 10.0. The second-order valence-electron chi connectivity index (χ2n) is 8.43. The molecule has 0 fully saturated rings. The topological polar surface area (TPSA) is 26.3 Å². The van der Waals surface area contributed by atoms with Crippen molar-refractivity contribution in [1.29, 1.82) is 0 Å². The van der Waals surface area contributed by atoms with E-state index in [1.165, 1.54) is 89.9 Å². The van der Waals surface area contributed by atoms with Crippen LogP contribution in [0.5, 0.6) is 0 Å². The summed E-state index contributed by atoms with van der Waals surface area (Å²) in [7, 11) is 0. The predicted molar refractivity (Wildman–Crippen MR) is 124 cm³/mol. The van der Waals surface area contributed by atoms with Crippen molar-refractivity contribution in [1.82, 2.24) is 0 Å². The Bertz CT molecular complexity index is 348. The van der Waals surface area contributed by atoms with E-state index in [1.54, 1.807) is 0 Å². The molecule has 2 nitrogen and oxygen atoms in total. The van der Waals surface area contributed by atoms with E-state index in [9.17, 15) is 4.79 Å². The van der Waals surface area contributed by atoms with Crippen LogP contribution in [0.4, 0.5) is 0 Å². The van der Waals surface area contributed by atoms with Gasteiger partial charge in [0.2, 0.25) is 0 Å². The lowest BCUT2D eigenvalue weighted by molar-refractivity contribution is -0.145. The summed E-state index contributed by atoms with van der Waals surface area (Å²) >= 11 is 0. The smallest absolute Gasteiger partial charge is 0.305 e. The van der Waals surface area contributed by atoms with E-state index in [0.29, 0.717) is 18.9 Å². The summed E-state index contributed by atoms with van der Waals surface area (Å²) in [4.78, 5) is 11.8. The van der Waals surface area contributed by atoms with Gasteiger partial charge < -0.3 is 4.74 Å². The molecule has 0 N–H and O–H groups in total. The van der Waals surface area contributed by atoms with Crippen molar-refractivity contribution < 1.29 is 9.53 Å². The number of ether oxygens (including phenoxy) is 1. The highest BCUT2D eigenvalue weighted by atomic mass is 16.5. The van der Waals surface area contributed by atoms with Crippen LogP contribution in [0, 0.1) is 5.92 Å². The van der Waals surface area contributed by atoms with E-state index in [2.05, 4.69) is 32.9 Å². The largest absolute Gasteiger partial charge is 0.465 e. The molecule has 0 aliphatic heterocycles. The second kappa shape index (κ2) is 22.5. The Morgan fingerprint density at radius 2 is 1.25 bits per heavy atom. The fourth-order valence-corrected chi connectivity index (χ4v) is 3.52. The molecular formula is C26H50O2.